The van der Waals surface area contributed by atoms with Gasteiger partial charge < -0.3 is 15.6 Å². The summed E-state index contributed by atoms with van der Waals surface area (Å²) in [7, 11) is 0. The lowest BCUT2D eigenvalue weighted by Crippen LogP contribution is -2.32. The maximum Gasteiger partial charge on any atom is 0.260 e. The third-order valence-electron chi connectivity index (χ3n) is 5.14. The highest BCUT2D eigenvalue weighted by molar-refractivity contribution is 7.19. The predicted molar refractivity (Wildman–Crippen MR) is 128 cm³/mol. The van der Waals surface area contributed by atoms with E-state index in [0.29, 0.717) is 34.7 Å². The Morgan fingerprint density at radius 1 is 1.22 bits per heavy atom. The summed E-state index contributed by atoms with van der Waals surface area (Å²) in [6, 6.07) is 10.9. The van der Waals surface area contributed by atoms with Gasteiger partial charge in [-0.3, -0.25) is 14.4 Å². The number of thiophene rings is 2. The van der Waals surface area contributed by atoms with Crippen molar-refractivity contribution in [3.8, 4) is 10.4 Å². The normalized spacial score (nSPS) is 11.1. The van der Waals surface area contributed by atoms with Gasteiger partial charge in [0.1, 0.15) is 10.7 Å². The van der Waals surface area contributed by atoms with E-state index in [-0.39, 0.29) is 17.9 Å². The van der Waals surface area contributed by atoms with Gasteiger partial charge in [0, 0.05) is 39.4 Å². The molecule has 3 heterocycles. The molecule has 0 saturated carbocycles. The topological polar surface area (TPSA) is 109 Å². The zero-order valence-corrected chi connectivity index (χ0v) is 19.3. The number of hydrogen-bond acceptors (Lipinski definition) is 6. The predicted octanol–water partition coefficient (Wildman–Crippen LogP) is 3.71. The van der Waals surface area contributed by atoms with Crippen molar-refractivity contribution in [2.24, 2.45) is 5.73 Å². The number of carbonyl (C=O) groups is 2. The van der Waals surface area contributed by atoms with Gasteiger partial charge >= 0.3 is 0 Å². The van der Waals surface area contributed by atoms with Crippen LogP contribution >= 0.6 is 22.7 Å². The molecule has 0 aliphatic carbocycles. The molecule has 0 saturated heterocycles. The van der Waals surface area contributed by atoms with Crippen molar-refractivity contribution in [3.05, 3.63) is 74.0 Å². The highest BCUT2D eigenvalue weighted by Gasteiger charge is 2.18. The van der Waals surface area contributed by atoms with Crippen molar-refractivity contribution in [1.29, 1.82) is 0 Å². The molecule has 0 bridgehead atoms. The lowest BCUT2D eigenvalue weighted by molar-refractivity contribution is -0.131. The van der Waals surface area contributed by atoms with Crippen LogP contribution in [0.15, 0.2) is 46.6 Å². The van der Waals surface area contributed by atoms with E-state index in [4.69, 9.17) is 5.73 Å². The van der Waals surface area contributed by atoms with Crippen molar-refractivity contribution in [2.45, 2.75) is 26.8 Å². The number of rotatable bonds is 7. The van der Waals surface area contributed by atoms with Crippen molar-refractivity contribution in [2.75, 3.05) is 6.54 Å². The van der Waals surface area contributed by atoms with E-state index < -0.39 is 5.91 Å². The number of nitrogens with two attached hydrogens (primary N) is 1. The van der Waals surface area contributed by atoms with Gasteiger partial charge in [-0.15, -0.1) is 22.7 Å². The summed E-state index contributed by atoms with van der Waals surface area (Å²) < 4.78 is 0. The highest BCUT2D eigenvalue weighted by Crippen LogP contribution is 2.35. The Hall–Kier alpha value is -3.30. The van der Waals surface area contributed by atoms with Gasteiger partial charge in [-0.1, -0.05) is 12.1 Å². The van der Waals surface area contributed by atoms with E-state index >= 15 is 0 Å². The van der Waals surface area contributed by atoms with Gasteiger partial charge in [0.2, 0.25) is 11.8 Å². The molecule has 2 amide bonds. The number of fused-ring (bicyclic) bond motifs is 1. The smallest absolute Gasteiger partial charge is 0.260 e. The summed E-state index contributed by atoms with van der Waals surface area (Å²) in [5, 5.41) is 2.50. The zero-order valence-electron chi connectivity index (χ0n) is 17.7. The van der Waals surface area contributed by atoms with Crippen LogP contribution in [0.4, 0.5) is 0 Å². The molecule has 164 valence electrons. The standard InChI is InChI=1S/C23H22N4O3S2/c1-3-27(11-14-5-4-6-15(9-14)21(24)29)19(28)10-18-25-22(30)20-16(12-31-23(20)26-18)17-8-7-13(2)32-17/h4-9,12H,3,10-11H2,1-2H3,(H2,24,29)(H,25,26,30). The van der Waals surface area contributed by atoms with Crippen LogP contribution in [0, 0.1) is 6.92 Å². The summed E-state index contributed by atoms with van der Waals surface area (Å²) in [6.45, 7) is 4.72. The number of carbonyl (C=O) groups excluding carboxylic acids is 2. The van der Waals surface area contributed by atoms with E-state index in [0.717, 1.165) is 16.0 Å². The van der Waals surface area contributed by atoms with Crippen LogP contribution in [0.1, 0.15) is 33.5 Å². The minimum Gasteiger partial charge on any atom is -0.366 e. The Bertz CT molecular complexity index is 1370. The number of likely N-dealkylation sites (N-methyl/N-ethyl adjacent to an activating group) is 1. The van der Waals surface area contributed by atoms with Crippen molar-refractivity contribution >= 4 is 44.7 Å². The van der Waals surface area contributed by atoms with Crippen LogP contribution in [0.25, 0.3) is 20.7 Å². The Kier molecular flexibility index (Phi) is 6.20. The average Bonchev–Trinajstić information content (AvgIpc) is 3.38. The Morgan fingerprint density at radius 2 is 2.03 bits per heavy atom. The van der Waals surface area contributed by atoms with Gasteiger partial charge in [-0.05, 0) is 43.7 Å². The van der Waals surface area contributed by atoms with E-state index in [9.17, 15) is 14.4 Å². The minimum atomic E-state index is -0.510. The summed E-state index contributed by atoms with van der Waals surface area (Å²) in [5.74, 6) is -0.331. The fraction of sp³-hybridized carbons (Fsp3) is 0.217. The molecule has 0 atom stereocenters. The molecule has 3 N–H and O–H groups in total. The number of benzene rings is 1. The van der Waals surface area contributed by atoms with Gasteiger partial charge in [0.15, 0.2) is 0 Å². The number of aromatic amines is 1. The summed E-state index contributed by atoms with van der Waals surface area (Å²) in [4.78, 5) is 49.0. The second kappa shape index (κ2) is 9.05. The van der Waals surface area contributed by atoms with Gasteiger partial charge in [-0.2, -0.15) is 0 Å². The van der Waals surface area contributed by atoms with E-state index in [1.807, 2.05) is 37.4 Å². The quantitative estimate of drug-likeness (QED) is 0.433. The highest BCUT2D eigenvalue weighted by atomic mass is 32.1. The van der Waals surface area contributed by atoms with Crippen LogP contribution in [0.2, 0.25) is 0 Å². The fourth-order valence-corrected chi connectivity index (χ4v) is 5.43. The molecule has 32 heavy (non-hydrogen) atoms. The first-order valence-corrected chi connectivity index (χ1v) is 11.8. The van der Waals surface area contributed by atoms with E-state index in [2.05, 4.69) is 9.97 Å². The molecule has 0 aliphatic heterocycles. The number of primary amides is 1. The first kappa shape index (κ1) is 21.9. The average molecular weight is 467 g/mol. The minimum absolute atomic E-state index is 0.0140. The Balaban J connectivity index is 1.55. The second-order valence-electron chi connectivity index (χ2n) is 7.40. The van der Waals surface area contributed by atoms with Crippen molar-refractivity contribution in [1.82, 2.24) is 14.9 Å². The largest absolute Gasteiger partial charge is 0.366 e. The third kappa shape index (κ3) is 4.49. The molecule has 0 spiro atoms. The fourth-order valence-electron chi connectivity index (χ4n) is 3.51. The molecule has 0 aliphatic rings. The molecular weight excluding hydrogens is 444 g/mol. The monoisotopic (exact) mass is 466 g/mol. The molecule has 1 aromatic carbocycles. The molecule has 3 aromatic heterocycles. The maximum atomic E-state index is 12.9. The van der Waals surface area contributed by atoms with Crippen molar-refractivity contribution in [3.63, 3.8) is 0 Å². The number of H-pyrrole nitrogens is 1. The molecule has 4 rings (SSSR count). The van der Waals surface area contributed by atoms with Gasteiger partial charge in [0.05, 0.1) is 11.8 Å². The van der Waals surface area contributed by atoms with Crippen LogP contribution in [-0.2, 0) is 17.8 Å². The SMILES string of the molecule is CCN(Cc1cccc(C(N)=O)c1)C(=O)Cc1nc2scc(-c3ccc(C)s3)c2c(=O)[nH]1. The summed E-state index contributed by atoms with van der Waals surface area (Å²) in [6.07, 6.45) is -0.0140. The van der Waals surface area contributed by atoms with Crippen LogP contribution in [0.3, 0.4) is 0 Å². The number of hydrogen-bond donors (Lipinski definition) is 2. The Labute approximate surface area is 192 Å². The zero-order chi connectivity index (χ0) is 22.8. The number of aryl methyl sites for hydroxylation is 1. The first-order chi connectivity index (χ1) is 15.4. The molecule has 7 nitrogen and oxygen atoms in total. The van der Waals surface area contributed by atoms with Crippen molar-refractivity contribution < 1.29 is 9.59 Å². The lowest BCUT2D eigenvalue weighted by atomic mass is 10.1. The van der Waals surface area contributed by atoms with Gasteiger partial charge in [-0.25, -0.2) is 4.98 Å². The Morgan fingerprint density at radius 3 is 2.72 bits per heavy atom. The first-order valence-electron chi connectivity index (χ1n) is 10.1. The van der Waals surface area contributed by atoms with Gasteiger partial charge in [0.25, 0.3) is 5.56 Å². The number of nitrogens with one attached hydrogen (secondary N) is 1. The van der Waals surface area contributed by atoms with Crippen LogP contribution in [-0.4, -0.2) is 33.2 Å². The van der Waals surface area contributed by atoms with Crippen LogP contribution in [0.5, 0.6) is 0 Å². The molecular formula is C23H22N4O3S2. The summed E-state index contributed by atoms with van der Waals surface area (Å²) in [5.41, 5.74) is 7.19. The second-order valence-corrected chi connectivity index (χ2v) is 9.55. The van der Waals surface area contributed by atoms with E-state index in [1.54, 1.807) is 34.4 Å². The molecule has 0 fully saturated rings. The summed E-state index contributed by atoms with van der Waals surface area (Å²) >= 11 is 3.03. The molecule has 0 radical (unpaired) electrons. The number of nitrogens with zero attached hydrogens (tertiary/aromatic N) is 2. The molecule has 4 aromatic rings. The molecule has 0 unspecified atom stereocenters. The number of amides is 2. The van der Waals surface area contributed by atoms with Crippen LogP contribution < -0.4 is 11.3 Å². The maximum absolute atomic E-state index is 12.9. The third-order valence-corrected chi connectivity index (χ3v) is 7.04. The number of aromatic nitrogens is 2. The van der Waals surface area contributed by atoms with E-state index in [1.165, 1.54) is 16.2 Å². The lowest BCUT2D eigenvalue weighted by Gasteiger charge is -2.21. The molecule has 9 heteroatoms.